The van der Waals surface area contributed by atoms with Gasteiger partial charge in [0.05, 0.1) is 13.7 Å². The van der Waals surface area contributed by atoms with Crippen LogP contribution in [-0.2, 0) is 22.5 Å². The van der Waals surface area contributed by atoms with Gasteiger partial charge < -0.3 is 14.6 Å². The summed E-state index contributed by atoms with van der Waals surface area (Å²) in [5.74, 6) is -0.499. The first-order valence-corrected chi connectivity index (χ1v) is 5.82. The number of hydrogen-bond donors (Lipinski definition) is 1. The Hall–Kier alpha value is -1.49. The summed E-state index contributed by atoms with van der Waals surface area (Å²) in [6.07, 6.45) is 0.728. The molecule has 0 aromatic carbocycles. The van der Waals surface area contributed by atoms with Crippen molar-refractivity contribution in [2.45, 2.75) is 13.0 Å². The molecule has 1 aliphatic rings. The van der Waals surface area contributed by atoms with Crippen molar-refractivity contribution in [3.8, 4) is 0 Å². The Labute approximate surface area is 104 Å². The molecule has 0 aliphatic carbocycles. The minimum atomic E-state index is -0.394. The van der Waals surface area contributed by atoms with Crippen molar-refractivity contribution < 1.29 is 14.3 Å². The number of carbonyl (C=O) groups excluding carboxylic acids is 2. The maximum absolute atomic E-state index is 11.5. The summed E-state index contributed by atoms with van der Waals surface area (Å²) >= 11 is 5.51. The van der Waals surface area contributed by atoms with Crippen LogP contribution in [0.2, 0.25) is 0 Å². The molecule has 6 heteroatoms. The van der Waals surface area contributed by atoms with Crippen molar-refractivity contribution in [3.05, 3.63) is 23.0 Å². The standard InChI is InChI=1S/C11H13ClN2O3/c1-17-11(16)8-4-7-2-3-14(10(15)5-12)6-9(7)13-8/h4,13H,2-3,5-6H2,1H3. The van der Waals surface area contributed by atoms with Crippen LogP contribution in [0, 0.1) is 0 Å². The number of amides is 1. The van der Waals surface area contributed by atoms with Gasteiger partial charge in [-0.3, -0.25) is 4.79 Å². The highest BCUT2D eigenvalue weighted by Crippen LogP contribution is 2.20. The number of fused-ring (bicyclic) bond motifs is 1. The lowest BCUT2D eigenvalue weighted by molar-refractivity contribution is -0.129. The minimum absolute atomic E-state index is 0.0140. The summed E-state index contributed by atoms with van der Waals surface area (Å²) in [4.78, 5) is 27.5. The zero-order chi connectivity index (χ0) is 12.4. The van der Waals surface area contributed by atoms with Gasteiger partial charge in [-0.05, 0) is 18.1 Å². The Balaban J connectivity index is 2.18. The molecule has 92 valence electrons. The number of nitrogens with zero attached hydrogens (tertiary/aromatic N) is 1. The van der Waals surface area contributed by atoms with Gasteiger partial charge in [0.2, 0.25) is 5.91 Å². The van der Waals surface area contributed by atoms with Gasteiger partial charge in [-0.15, -0.1) is 11.6 Å². The normalized spacial score (nSPS) is 14.4. The maximum atomic E-state index is 11.5. The van der Waals surface area contributed by atoms with Gasteiger partial charge in [-0.25, -0.2) is 4.79 Å². The lowest BCUT2D eigenvalue weighted by Gasteiger charge is -2.26. The van der Waals surface area contributed by atoms with Crippen LogP contribution in [-0.4, -0.2) is 41.3 Å². The molecule has 2 rings (SSSR count). The monoisotopic (exact) mass is 256 g/mol. The molecule has 1 N–H and O–H groups in total. The third-order valence-electron chi connectivity index (χ3n) is 2.86. The van der Waals surface area contributed by atoms with Gasteiger partial charge in [0.1, 0.15) is 11.6 Å². The van der Waals surface area contributed by atoms with Crippen LogP contribution in [0.15, 0.2) is 6.07 Å². The molecule has 1 amide bonds. The average molecular weight is 257 g/mol. The molecule has 1 aliphatic heterocycles. The first kappa shape index (κ1) is 12.0. The van der Waals surface area contributed by atoms with Crippen molar-refractivity contribution in [2.75, 3.05) is 19.5 Å². The van der Waals surface area contributed by atoms with Crippen LogP contribution in [0.4, 0.5) is 0 Å². The van der Waals surface area contributed by atoms with Crippen LogP contribution in [0.3, 0.4) is 0 Å². The van der Waals surface area contributed by atoms with Gasteiger partial charge in [-0.2, -0.15) is 0 Å². The van der Waals surface area contributed by atoms with Gasteiger partial charge in [0, 0.05) is 12.2 Å². The van der Waals surface area contributed by atoms with E-state index in [1.165, 1.54) is 7.11 Å². The molecular weight excluding hydrogens is 244 g/mol. The minimum Gasteiger partial charge on any atom is -0.464 e. The maximum Gasteiger partial charge on any atom is 0.354 e. The largest absolute Gasteiger partial charge is 0.464 e. The van der Waals surface area contributed by atoms with Crippen molar-refractivity contribution >= 4 is 23.5 Å². The van der Waals surface area contributed by atoms with Crippen LogP contribution >= 0.6 is 11.6 Å². The van der Waals surface area contributed by atoms with E-state index in [-0.39, 0.29) is 11.8 Å². The summed E-state index contributed by atoms with van der Waals surface area (Å²) in [5, 5.41) is 0. The van der Waals surface area contributed by atoms with E-state index in [0.717, 1.165) is 17.7 Å². The van der Waals surface area contributed by atoms with Gasteiger partial charge in [0.25, 0.3) is 0 Å². The summed E-state index contributed by atoms with van der Waals surface area (Å²) < 4.78 is 4.64. The lowest BCUT2D eigenvalue weighted by Crippen LogP contribution is -2.36. The Morgan fingerprint density at radius 3 is 3.00 bits per heavy atom. The molecule has 1 aromatic heterocycles. The molecule has 0 atom stereocenters. The number of halogens is 1. The quantitative estimate of drug-likeness (QED) is 0.632. The fourth-order valence-electron chi connectivity index (χ4n) is 1.95. The van der Waals surface area contributed by atoms with Gasteiger partial charge in [-0.1, -0.05) is 0 Å². The highest BCUT2D eigenvalue weighted by atomic mass is 35.5. The molecule has 0 spiro atoms. The van der Waals surface area contributed by atoms with E-state index in [1.54, 1.807) is 11.0 Å². The van der Waals surface area contributed by atoms with E-state index in [0.29, 0.717) is 18.8 Å². The molecule has 0 bridgehead atoms. The van der Waals surface area contributed by atoms with Crippen LogP contribution in [0.1, 0.15) is 21.7 Å². The van der Waals surface area contributed by atoms with E-state index in [4.69, 9.17) is 11.6 Å². The third-order valence-corrected chi connectivity index (χ3v) is 3.09. The average Bonchev–Trinajstić information content (AvgIpc) is 2.79. The molecule has 17 heavy (non-hydrogen) atoms. The Morgan fingerprint density at radius 1 is 1.59 bits per heavy atom. The highest BCUT2D eigenvalue weighted by molar-refractivity contribution is 6.27. The second kappa shape index (κ2) is 4.79. The molecule has 0 unspecified atom stereocenters. The summed E-state index contributed by atoms with van der Waals surface area (Å²) in [6.45, 7) is 1.11. The molecule has 5 nitrogen and oxygen atoms in total. The number of aromatic amines is 1. The van der Waals surface area contributed by atoms with Crippen molar-refractivity contribution in [2.24, 2.45) is 0 Å². The predicted octanol–water partition coefficient (Wildman–Crippen LogP) is 0.925. The molecule has 2 heterocycles. The number of methoxy groups -OCH3 is 1. The Kier molecular flexibility index (Phi) is 3.38. The lowest BCUT2D eigenvalue weighted by atomic mass is 10.1. The fraction of sp³-hybridized carbons (Fsp3) is 0.455. The molecular formula is C11H13ClN2O3. The zero-order valence-corrected chi connectivity index (χ0v) is 10.2. The number of nitrogens with one attached hydrogen (secondary N) is 1. The number of H-pyrrole nitrogens is 1. The summed E-state index contributed by atoms with van der Waals surface area (Å²) in [7, 11) is 1.34. The number of alkyl halides is 1. The van der Waals surface area contributed by atoms with E-state index in [2.05, 4.69) is 9.72 Å². The van der Waals surface area contributed by atoms with Crippen molar-refractivity contribution in [1.82, 2.24) is 9.88 Å². The number of esters is 1. The summed E-state index contributed by atoms with van der Waals surface area (Å²) in [5.41, 5.74) is 2.37. The Morgan fingerprint density at radius 2 is 2.35 bits per heavy atom. The zero-order valence-electron chi connectivity index (χ0n) is 9.46. The number of aromatic nitrogens is 1. The predicted molar refractivity (Wildman–Crippen MR) is 62.0 cm³/mol. The first-order chi connectivity index (χ1) is 8.15. The van der Waals surface area contributed by atoms with Crippen LogP contribution in [0.5, 0.6) is 0 Å². The molecule has 1 aromatic rings. The Bertz CT molecular complexity index is 456. The molecule has 0 saturated carbocycles. The number of carbonyl (C=O) groups is 2. The van der Waals surface area contributed by atoms with Gasteiger partial charge in [0.15, 0.2) is 0 Å². The van der Waals surface area contributed by atoms with Crippen LogP contribution < -0.4 is 0 Å². The van der Waals surface area contributed by atoms with E-state index < -0.39 is 5.97 Å². The number of rotatable bonds is 2. The van der Waals surface area contributed by atoms with E-state index in [1.807, 2.05) is 0 Å². The van der Waals surface area contributed by atoms with E-state index in [9.17, 15) is 9.59 Å². The summed E-state index contributed by atoms with van der Waals surface area (Å²) in [6, 6.07) is 1.78. The first-order valence-electron chi connectivity index (χ1n) is 5.28. The third kappa shape index (κ3) is 2.29. The van der Waals surface area contributed by atoms with Crippen molar-refractivity contribution in [3.63, 3.8) is 0 Å². The van der Waals surface area contributed by atoms with Gasteiger partial charge >= 0.3 is 5.97 Å². The van der Waals surface area contributed by atoms with E-state index >= 15 is 0 Å². The molecule has 0 fully saturated rings. The molecule has 0 radical (unpaired) electrons. The smallest absolute Gasteiger partial charge is 0.354 e. The number of hydrogen-bond acceptors (Lipinski definition) is 3. The van der Waals surface area contributed by atoms with Crippen LogP contribution in [0.25, 0.3) is 0 Å². The fourth-order valence-corrected chi connectivity index (χ4v) is 2.12. The SMILES string of the molecule is COC(=O)c1cc2c([nH]1)CN(C(=O)CCl)CC2. The highest BCUT2D eigenvalue weighted by Gasteiger charge is 2.23. The second-order valence-electron chi connectivity index (χ2n) is 3.88. The van der Waals surface area contributed by atoms with Crippen molar-refractivity contribution in [1.29, 1.82) is 0 Å². The second-order valence-corrected chi connectivity index (χ2v) is 4.14. The topological polar surface area (TPSA) is 62.4 Å². The molecule has 0 saturated heterocycles. The number of ether oxygens (including phenoxy) is 1.